The molecule has 1 saturated heterocycles. The molecule has 0 aliphatic carbocycles. The number of nitrogens with zero attached hydrogens (tertiary/aromatic N) is 1. The molecule has 1 N–H and O–H groups in total. The maximum atomic E-state index is 12.5. The molecule has 2 aliphatic rings. The number of amides is 1. The number of carbonyl (C=O) groups excluding carboxylic acids is 1. The van der Waals surface area contributed by atoms with Crippen LogP contribution in [0.5, 0.6) is 0 Å². The van der Waals surface area contributed by atoms with E-state index in [2.05, 4.69) is 39.4 Å². The maximum Gasteiger partial charge on any atom is 0.240 e. The summed E-state index contributed by atoms with van der Waals surface area (Å²) in [7, 11) is 0. The van der Waals surface area contributed by atoms with Gasteiger partial charge in [-0.1, -0.05) is 34.5 Å². The molecule has 0 spiro atoms. The average molecular weight is 360 g/mol. The summed E-state index contributed by atoms with van der Waals surface area (Å²) < 4.78 is 1.17. The Labute approximate surface area is 134 Å². The SMILES string of the molecule is Cl.O=C([C@@H]1CCCCN1)N1CCc2c(Br)cccc2C1. The molecule has 110 valence electrons. The number of nitrogens with one attached hydrogen (secondary N) is 1. The molecule has 3 rings (SSSR count). The molecule has 5 heteroatoms. The van der Waals surface area contributed by atoms with Gasteiger partial charge in [0.25, 0.3) is 0 Å². The van der Waals surface area contributed by atoms with E-state index in [4.69, 9.17) is 0 Å². The van der Waals surface area contributed by atoms with Crippen molar-refractivity contribution in [3.8, 4) is 0 Å². The van der Waals surface area contributed by atoms with Crippen LogP contribution in [0.3, 0.4) is 0 Å². The minimum absolute atomic E-state index is 0. The number of halogens is 2. The van der Waals surface area contributed by atoms with Gasteiger partial charge >= 0.3 is 0 Å². The van der Waals surface area contributed by atoms with Crippen molar-refractivity contribution < 1.29 is 4.79 Å². The van der Waals surface area contributed by atoms with E-state index in [0.717, 1.165) is 32.5 Å². The molecule has 0 radical (unpaired) electrons. The van der Waals surface area contributed by atoms with Crippen LogP contribution in [-0.2, 0) is 17.8 Å². The van der Waals surface area contributed by atoms with E-state index in [1.54, 1.807) is 0 Å². The largest absolute Gasteiger partial charge is 0.337 e. The van der Waals surface area contributed by atoms with Crippen molar-refractivity contribution in [1.29, 1.82) is 0 Å². The zero-order chi connectivity index (χ0) is 13.2. The lowest BCUT2D eigenvalue weighted by atomic mass is 9.98. The Kier molecular flexibility index (Phi) is 5.47. The third kappa shape index (κ3) is 3.18. The number of hydrogen-bond acceptors (Lipinski definition) is 2. The van der Waals surface area contributed by atoms with Gasteiger partial charge in [0.1, 0.15) is 0 Å². The van der Waals surface area contributed by atoms with Gasteiger partial charge < -0.3 is 10.2 Å². The van der Waals surface area contributed by atoms with Gasteiger partial charge in [-0.3, -0.25) is 4.79 Å². The highest BCUT2D eigenvalue weighted by atomic mass is 79.9. The summed E-state index contributed by atoms with van der Waals surface area (Å²) in [4.78, 5) is 14.5. The van der Waals surface area contributed by atoms with Gasteiger partial charge in [0.05, 0.1) is 6.04 Å². The molecule has 0 bridgehead atoms. The highest BCUT2D eigenvalue weighted by molar-refractivity contribution is 9.10. The summed E-state index contributed by atoms with van der Waals surface area (Å²) in [6.45, 7) is 2.57. The molecule has 20 heavy (non-hydrogen) atoms. The van der Waals surface area contributed by atoms with Crippen LogP contribution in [0, 0.1) is 0 Å². The molecule has 2 heterocycles. The first-order valence-electron chi connectivity index (χ1n) is 7.04. The lowest BCUT2D eigenvalue weighted by Crippen LogP contribution is -2.49. The van der Waals surface area contributed by atoms with Crippen molar-refractivity contribution in [1.82, 2.24) is 10.2 Å². The van der Waals surface area contributed by atoms with Crippen LogP contribution in [0.4, 0.5) is 0 Å². The van der Waals surface area contributed by atoms with Crippen molar-refractivity contribution in [2.24, 2.45) is 0 Å². The summed E-state index contributed by atoms with van der Waals surface area (Å²) in [5.74, 6) is 0.283. The Morgan fingerprint density at radius 2 is 2.20 bits per heavy atom. The van der Waals surface area contributed by atoms with Gasteiger partial charge in [-0.05, 0) is 43.0 Å². The molecule has 2 aliphatic heterocycles. The Morgan fingerprint density at radius 3 is 2.95 bits per heavy atom. The number of carbonyl (C=O) groups is 1. The quantitative estimate of drug-likeness (QED) is 0.836. The monoisotopic (exact) mass is 358 g/mol. The first kappa shape index (κ1) is 15.8. The summed E-state index contributed by atoms with van der Waals surface area (Å²) in [5.41, 5.74) is 2.65. The summed E-state index contributed by atoms with van der Waals surface area (Å²) in [6, 6.07) is 6.31. The number of piperidine rings is 1. The van der Waals surface area contributed by atoms with E-state index in [0.29, 0.717) is 0 Å². The minimum atomic E-state index is 0. The first-order valence-corrected chi connectivity index (χ1v) is 7.83. The zero-order valence-electron chi connectivity index (χ0n) is 11.4. The molecule has 1 amide bonds. The van der Waals surface area contributed by atoms with Crippen LogP contribution in [0.2, 0.25) is 0 Å². The molecule has 1 aromatic carbocycles. The van der Waals surface area contributed by atoms with E-state index in [1.165, 1.54) is 28.4 Å². The highest BCUT2D eigenvalue weighted by Gasteiger charge is 2.28. The predicted molar refractivity (Wildman–Crippen MR) is 86.2 cm³/mol. The van der Waals surface area contributed by atoms with Gasteiger partial charge in [0.2, 0.25) is 5.91 Å². The highest BCUT2D eigenvalue weighted by Crippen LogP contribution is 2.27. The lowest BCUT2D eigenvalue weighted by molar-refractivity contribution is -0.135. The average Bonchev–Trinajstić information content (AvgIpc) is 2.47. The van der Waals surface area contributed by atoms with Gasteiger partial charge in [0, 0.05) is 17.6 Å². The third-order valence-electron chi connectivity index (χ3n) is 4.13. The van der Waals surface area contributed by atoms with E-state index < -0.39 is 0 Å². The molecule has 0 aromatic heterocycles. The van der Waals surface area contributed by atoms with E-state index >= 15 is 0 Å². The molecule has 1 fully saturated rings. The van der Waals surface area contributed by atoms with Crippen LogP contribution in [-0.4, -0.2) is 29.9 Å². The topological polar surface area (TPSA) is 32.3 Å². The van der Waals surface area contributed by atoms with E-state index in [9.17, 15) is 4.79 Å². The second kappa shape index (κ2) is 6.92. The molecule has 0 saturated carbocycles. The second-order valence-electron chi connectivity index (χ2n) is 5.39. The van der Waals surface area contributed by atoms with Gasteiger partial charge in [-0.25, -0.2) is 0 Å². The molecular weight excluding hydrogens is 340 g/mol. The van der Waals surface area contributed by atoms with Crippen LogP contribution in [0.1, 0.15) is 30.4 Å². The molecule has 3 nitrogen and oxygen atoms in total. The predicted octanol–water partition coefficient (Wildman–Crippen LogP) is 2.90. The fourth-order valence-electron chi connectivity index (χ4n) is 3.03. The summed E-state index contributed by atoms with van der Waals surface area (Å²) in [6.07, 6.45) is 4.30. The Balaban J connectivity index is 0.00000147. The summed E-state index contributed by atoms with van der Waals surface area (Å²) >= 11 is 3.60. The molecule has 1 aromatic rings. The second-order valence-corrected chi connectivity index (χ2v) is 6.24. The smallest absolute Gasteiger partial charge is 0.240 e. The van der Waals surface area contributed by atoms with Crippen molar-refractivity contribution in [3.63, 3.8) is 0 Å². The Bertz CT molecular complexity index is 489. The van der Waals surface area contributed by atoms with Crippen LogP contribution < -0.4 is 5.32 Å². The standard InChI is InChI=1S/C15H19BrN2O.ClH/c16-13-5-3-4-11-10-18(9-7-12(11)13)15(19)14-6-1-2-8-17-14;/h3-5,14,17H,1-2,6-10H2;1H/t14-;/m0./s1. The van der Waals surface area contributed by atoms with Gasteiger partial charge in [-0.2, -0.15) is 0 Å². The van der Waals surface area contributed by atoms with Gasteiger partial charge in [-0.15, -0.1) is 12.4 Å². The molecular formula is C15H20BrClN2O. The molecule has 1 atom stereocenters. The Hall–Kier alpha value is -0.580. The fraction of sp³-hybridized carbons (Fsp3) is 0.533. The van der Waals surface area contributed by atoms with Crippen LogP contribution in [0.15, 0.2) is 22.7 Å². The van der Waals surface area contributed by atoms with Gasteiger partial charge in [0.15, 0.2) is 0 Å². The van der Waals surface area contributed by atoms with Crippen molar-refractivity contribution in [3.05, 3.63) is 33.8 Å². The van der Waals surface area contributed by atoms with Crippen molar-refractivity contribution in [2.75, 3.05) is 13.1 Å². The zero-order valence-corrected chi connectivity index (χ0v) is 13.8. The Morgan fingerprint density at radius 1 is 1.35 bits per heavy atom. The van der Waals surface area contributed by atoms with Crippen LogP contribution in [0.25, 0.3) is 0 Å². The van der Waals surface area contributed by atoms with Crippen molar-refractivity contribution in [2.45, 2.75) is 38.3 Å². The first-order chi connectivity index (χ1) is 9.25. The van der Waals surface area contributed by atoms with E-state index in [-0.39, 0.29) is 24.4 Å². The summed E-state index contributed by atoms with van der Waals surface area (Å²) in [5, 5.41) is 3.35. The minimum Gasteiger partial charge on any atom is -0.337 e. The number of fused-ring (bicyclic) bond motifs is 1. The number of benzene rings is 1. The molecule has 0 unspecified atom stereocenters. The number of hydrogen-bond donors (Lipinski definition) is 1. The van der Waals surface area contributed by atoms with Crippen molar-refractivity contribution >= 4 is 34.2 Å². The normalized spacial score (nSPS) is 21.9. The third-order valence-corrected chi connectivity index (χ3v) is 4.87. The maximum absolute atomic E-state index is 12.5. The van der Waals surface area contributed by atoms with E-state index in [1.807, 2.05) is 4.90 Å². The lowest BCUT2D eigenvalue weighted by Gasteiger charge is -2.33. The van der Waals surface area contributed by atoms with Crippen LogP contribution >= 0.6 is 28.3 Å². The number of rotatable bonds is 1. The fourth-order valence-corrected chi connectivity index (χ4v) is 3.64.